The Kier molecular flexibility index (Phi) is 2.95. The predicted molar refractivity (Wildman–Crippen MR) is 47.5 cm³/mol. The standard InChI is InChI=1S/C9H12N2O2/c1-6(2)5-8-10-4-3-7(11-8)9(12)13/h3-4,6H,5H2,1-2H3,(H,12,13). The molecule has 1 aromatic rings. The van der Waals surface area contributed by atoms with Crippen LogP contribution in [0.4, 0.5) is 0 Å². The fourth-order valence-corrected chi connectivity index (χ4v) is 0.982. The van der Waals surface area contributed by atoms with E-state index in [9.17, 15) is 4.79 Å². The van der Waals surface area contributed by atoms with Crippen LogP contribution in [0.5, 0.6) is 0 Å². The van der Waals surface area contributed by atoms with E-state index in [1.54, 1.807) is 0 Å². The maximum Gasteiger partial charge on any atom is 0.354 e. The summed E-state index contributed by atoms with van der Waals surface area (Å²) in [5, 5.41) is 8.65. The van der Waals surface area contributed by atoms with E-state index in [0.29, 0.717) is 18.2 Å². The number of aromatic nitrogens is 2. The molecule has 4 nitrogen and oxygen atoms in total. The first-order valence-electron chi connectivity index (χ1n) is 4.15. The zero-order chi connectivity index (χ0) is 9.84. The maximum atomic E-state index is 10.5. The zero-order valence-electron chi connectivity index (χ0n) is 7.69. The highest BCUT2D eigenvalue weighted by Gasteiger charge is 2.06. The lowest BCUT2D eigenvalue weighted by molar-refractivity contribution is 0.0690. The molecular formula is C9H12N2O2. The molecule has 1 N–H and O–H groups in total. The minimum atomic E-state index is -1.01. The minimum Gasteiger partial charge on any atom is -0.477 e. The monoisotopic (exact) mass is 180 g/mol. The largest absolute Gasteiger partial charge is 0.477 e. The Bertz CT molecular complexity index is 310. The Hall–Kier alpha value is -1.45. The molecule has 0 radical (unpaired) electrons. The van der Waals surface area contributed by atoms with Gasteiger partial charge in [-0.25, -0.2) is 14.8 Å². The summed E-state index contributed by atoms with van der Waals surface area (Å²) in [5.74, 6) is 0.0198. The number of hydrogen-bond acceptors (Lipinski definition) is 3. The molecule has 0 amide bonds. The summed E-state index contributed by atoms with van der Waals surface area (Å²) in [4.78, 5) is 18.4. The number of carboxylic acids is 1. The Morgan fingerprint density at radius 1 is 1.62 bits per heavy atom. The second kappa shape index (κ2) is 3.98. The van der Waals surface area contributed by atoms with Gasteiger partial charge in [-0.15, -0.1) is 0 Å². The summed E-state index contributed by atoms with van der Waals surface area (Å²) >= 11 is 0. The lowest BCUT2D eigenvalue weighted by Crippen LogP contribution is -2.06. The molecule has 13 heavy (non-hydrogen) atoms. The summed E-state index contributed by atoms with van der Waals surface area (Å²) < 4.78 is 0. The van der Waals surface area contributed by atoms with E-state index in [-0.39, 0.29) is 5.69 Å². The molecule has 4 heteroatoms. The summed E-state index contributed by atoms with van der Waals surface area (Å²) in [6.07, 6.45) is 2.19. The molecule has 0 saturated carbocycles. The molecule has 70 valence electrons. The van der Waals surface area contributed by atoms with E-state index in [4.69, 9.17) is 5.11 Å². The number of carboxylic acid groups (broad SMARTS) is 1. The fourth-order valence-electron chi connectivity index (χ4n) is 0.982. The molecule has 0 unspecified atom stereocenters. The van der Waals surface area contributed by atoms with E-state index in [1.165, 1.54) is 12.3 Å². The number of hydrogen-bond donors (Lipinski definition) is 1. The van der Waals surface area contributed by atoms with Crippen LogP contribution in [0.3, 0.4) is 0 Å². The zero-order valence-corrected chi connectivity index (χ0v) is 7.69. The van der Waals surface area contributed by atoms with Gasteiger partial charge in [-0.2, -0.15) is 0 Å². The lowest BCUT2D eigenvalue weighted by Gasteiger charge is -2.02. The van der Waals surface area contributed by atoms with Gasteiger partial charge in [0.1, 0.15) is 5.82 Å². The van der Waals surface area contributed by atoms with Crippen LogP contribution in [-0.4, -0.2) is 21.0 Å². The lowest BCUT2D eigenvalue weighted by atomic mass is 10.1. The highest BCUT2D eigenvalue weighted by Crippen LogP contribution is 2.03. The molecule has 1 rings (SSSR count). The van der Waals surface area contributed by atoms with Gasteiger partial charge in [0.15, 0.2) is 5.69 Å². The third-order valence-corrected chi connectivity index (χ3v) is 1.52. The van der Waals surface area contributed by atoms with E-state index < -0.39 is 5.97 Å². The van der Waals surface area contributed by atoms with Crippen LogP contribution >= 0.6 is 0 Å². The summed E-state index contributed by atoms with van der Waals surface area (Å²) in [6, 6.07) is 1.40. The van der Waals surface area contributed by atoms with Crippen molar-refractivity contribution in [2.45, 2.75) is 20.3 Å². The molecular weight excluding hydrogens is 168 g/mol. The van der Waals surface area contributed by atoms with Gasteiger partial charge in [0.2, 0.25) is 0 Å². The molecule has 0 aromatic carbocycles. The highest BCUT2D eigenvalue weighted by atomic mass is 16.4. The third-order valence-electron chi connectivity index (χ3n) is 1.52. The minimum absolute atomic E-state index is 0.0608. The van der Waals surface area contributed by atoms with Gasteiger partial charge in [-0.3, -0.25) is 0 Å². The Balaban J connectivity index is 2.85. The smallest absolute Gasteiger partial charge is 0.354 e. The SMILES string of the molecule is CC(C)Cc1nccc(C(=O)O)n1. The molecule has 0 atom stereocenters. The van der Waals surface area contributed by atoms with E-state index in [2.05, 4.69) is 9.97 Å². The number of nitrogens with zero attached hydrogens (tertiary/aromatic N) is 2. The first-order valence-corrected chi connectivity index (χ1v) is 4.15. The quantitative estimate of drug-likeness (QED) is 0.763. The second-order valence-corrected chi connectivity index (χ2v) is 3.26. The first-order chi connectivity index (χ1) is 6.09. The van der Waals surface area contributed by atoms with Crippen molar-refractivity contribution < 1.29 is 9.90 Å². The van der Waals surface area contributed by atoms with Gasteiger partial charge in [0.05, 0.1) is 0 Å². The van der Waals surface area contributed by atoms with E-state index >= 15 is 0 Å². The third kappa shape index (κ3) is 2.82. The molecule has 0 spiro atoms. The van der Waals surface area contributed by atoms with Crippen molar-refractivity contribution in [3.8, 4) is 0 Å². The number of carbonyl (C=O) groups is 1. The van der Waals surface area contributed by atoms with Crippen LogP contribution in [0.1, 0.15) is 30.2 Å². The van der Waals surface area contributed by atoms with Gasteiger partial charge in [0, 0.05) is 12.6 Å². The molecule has 0 aliphatic rings. The van der Waals surface area contributed by atoms with Crippen molar-refractivity contribution in [3.05, 3.63) is 23.8 Å². The van der Waals surface area contributed by atoms with Crippen LogP contribution < -0.4 is 0 Å². The van der Waals surface area contributed by atoms with E-state index in [0.717, 1.165) is 0 Å². The van der Waals surface area contributed by atoms with Crippen LogP contribution in [0, 0.1) is 5.92 Å². The number of rotatable bonds is 3. The second-order valence-electron chi connectivity index (χ2n) is 3.26. The molecule has 0 aliphatic carbocycles. The van der Waals surface area contributed by atoms with Gasteiger partial charge < -0.3 is 5.11 Å². The molecule has 1 aromatic heterocycles. The molecule has 0 bridgehead atoms. The Morgan fingerprint density at radius 3 is 2.85 bits per heavy atom. The summed E-state index contributed by atoms with van der Waals surface area (Å²) in [6.45, 7) is 4.08. The normalized spacial score (nSPS) is 10.4. The van der Waals surface area contributed by atoms with Crippen LogP contribution in [-0.2, 0) is 6.42 Å². The van der Waals surface area contributed by atoms with Gasteiger partial charge in [0.25, 0.3) is 0 Å². The Labute approximate surface area is 76.7 Å². The van der Waals surface area contributed by atoms with Gasteiger partial charge in [-0.05, 0) is 12.0 Å². The first kappa shape index (κ1) is 9.64. The van der Waals surface area contributed by atoms with E-state index in [1.807, 2.05) is 13.8 Å². The molecule has 0 saturated heterocycles. The molecule has 0 fully saturated rings. The maximum absolute atomic E-state index is 10.5. The average molecular weight is 180 g/mol. The van der Waals surface area contributed by atoms with Crippen molar-refractivity contribution in [2.24, 2.45) is 5.92 Å². The highest BCUT2D eigenvalue weighted by molar-refractivity contribution is 5.85. The average Bonchev–Trinajstić information content (AvgIpc) is 2.03. The van der Waals surface area contributed by atoms with Crippen LogP contribution in [0.25, 0.3) is 0 Å². The van der Waals surface area contributed by atoms with Gasteiger partial charge in [-0.1, -0.05) is 13.8 Å². The fraction of sp³-hybridized carbons (Fsp3) is 0.444. The van der Waals surface area contributed by atoms with Crippen molar-refractivity contribution >= 4 is 5.97 Å². The topological polar surface area (TPSA) is 63.1 Å². The molecule has 0 aliphatic heterocycles. The van der Waals surface area contributed by atoms with Crippen molar-refractivity contribution in [2.75, 3.05) is 0 Å². The molecule has 1 heterocycles. The predicted octanol–water partition coefficient (Wildman–Crippen LogP) is 1.37. The number of aromatic carboxylic acids is 1. The van der Waals surface area contributed by atoms with Crippen molar-refractivity contribution in [3.63, 3.8) is 0 Å². The van der Waals surface area contributed by atoms with Gasteiger partial charge >= 0.3 is 5.97 Å². The van der Waals surface area contributed by atoms with Crippen molar-refractivity contribution in [1.82, 2.24) is 9.97 Å². The van der Waals surface area contributed by atoms with Crippen LogP contribution in [0.2, 0.25) is 0 Å². The Morgan fingerprint density at radius 2 is 2.31 bits per heavy atom. The summed E-state index contributed by atoms with van der Waals surface area (Å²) in [5.41, 5.74) is 0.0608. The van der Waals surface area contributed by atoms with Crippen molar-refractivity contribution in [1.29, 1.82) is 0 Å². The van der Waals surface area contributed by atoms with Crippen LogP contribution in [0.15, 0.2) is 12.3 Å². The summed E-state index contributed by atoms with van der Waals surface area (Å²) in [7, 11) is 0.